The maximum absolute atomic E-state index is 11.7. The molecule has 0 saturated heterocycles. The minimum atomic E-state index is -1.49. The molecule has 0 spiro atoms. The smallest absolute Gasteiger partial charge is 0.209 e. The van der Waals surface area contributed by atoms with E-state index >= 15 is 0 Å². The molecule has 1 heterocycles. The van der Waals surface area contributed by atoms with Gasteiger partial charge in [0.25, 0.3) is 11.2 Å². The molecule has 0 radical (unpaired) electrons. The van der Waals surface area contributed by atoms with Crippen LogP contribution in [-0.4, -0.2) is 4.21 Å². The molecule has 3 nitrogen and oxygen atoms in total. The number of rotatable bonds is 0. The zero-order valence-electron chi connectivity index (χ0n) is 10.3. The van der Waals surface area contributed by atoms with Gasteiger partial charge in [-0.1, -0.05) is 48.5 Å². The Morgan fingerprint density at radius 2 is 1.20 bits per heavy atom. The van der Waals surface area contributed by atoms with Crippen molar-refractivity contribution in [1.82, 2.24) is 0 Å². The largest absolute Gasteiger partial charge is 0.266 e. The summed E-state index contributed by atoms with van der Waals surface area (Å²) in [4.78, 5) is 0. The lowest BCUT2D eigenvalue weighted by molar-refractivity contribution is 0.685. The average molecular weight is 276 g/mol. The molecule has 94 valence electrons. The maximum atomic E-state index is 11.7. The Morgan fingerprint density at radius 1 is 0.700 bits per heavy atom. The van der Waals surface area contributed by atoms with E-state index in [9.17, 15) is 4.21 Å². The highest BCUT2D eigenvalue weighted by atomic mass is 32.2. The minimum Gasteiger partial charge on any atom is -0.209 e. The molecule has 0 unspecified atom stereocenters. The van der Waals surface area contributed by atoms with E-state index in [2.05, 4.69) is 33.1 Å². The lowest BCUT2D eigenvalue weighted by Crippen LogP contribution is -2.24. The summed E-state index contributed by atoms with van der Waals surface area (Å²) in [5, 5.41) is 8.35. The molecule has 0 amide bonds. The standard InChI is InChI=1S/C16H8N2OS/c19-20-17-15-11-5-1-3-9-7-8-10-4-2-6-12(16(15)18-20)14(10)13(9)11/h1-8H. The number of hydrogen-bond acceptors (Lipinski definition) is 1. The first-order valence-electron chi connectivity index (χ1n) is 6.38. The SMILES string of the molecule is O=S1N=c2c(c3cccc4ccc5cccc2c5c43)=N1. The zero-order valence-corrected chi connectivity index (χ0v) is 11.1. The first kappa shape index (κ1) is 10.5. The van der Waals surface area contributed by atoms with Gasteiger partial charge in [0, 0.05) is 10.8 Å². The quantitative estimate of drug-likeness (QED) is 0.455. The summed E-state index contributed by atoms with van der Waals surface area (Å²) in [6.45, 7) is 0. The normalized spacial score (nSPS) is 14.8. The molecule has 0 bridgehead atoms. The summed E-state index contributed by atoms with van der Waals surface area (Å²) in [5.41, 5.74) is 0. The monoisotopic (exact) mass is 276 g/mol. The van der Waals surface area contributed by atoms with Gasteiger partial charge in [-0.2, -0.15) is 8.80 Å². The maximum Gasteiger partial charge on any atom is 0.266 e. The van der Waals surface area contributed by atoms with Gasteiger partial charge in [-0.05, 0) is 21.5 Å². The number of nitrogens with zero attached hydrogens (tertiary/aromatic N) is 2. The summed E-state index contributed by atoms with van der Waals surface area (Å²) >= 11 is -1.49. The van der Waals surface area contributed by atoms with Crippen LogP contribution < -0.4 is 10.7 Å². The summed E-state index contributed by atoms with van der Waals surface area (Å²) in [6, 6.07) is 16.5. The van der Waals surface area contributed by atoms with Crippen molar-refractivity contribution in [2.45, 2.75) is 0 Å². The Morgan fingerprint density at radius 3 is 1.70 bits per heavy atom. The van der Waals surface area contributed by atoms with Crippen molar-refractivity contribution in [2.24, 2.45) is 8.80 Å². The van der Waals surface area contributed by atoms with Gasteiger partial charge in [0.05, 0.1) is 0 Å². The molecular formula is C16H8N2OS. The van der Waals surface area contributed by atoms with Gasteiger partial charge in [-0.15, -0.1) is 0 Å². The average Bonchev–Trinajstić information content (AvgIpc) is 2.88. The van der Waals surface area contributed by atoms with Crippen LogP contribution in [0, 0.1) is 0 Å². The van der Waals surface area contributed by atoms with E-state index in [1.807, 2.05) is 24.3 Å². The molecule has 4 aromatic rings. The molecule has 1 aliphatic rings. The van der Waals surface area contributed by atoms with Gasteiger partial charge in [0.1, 0.15) is 10.7 Å². The van der Waals surface area contributed by atoms with Crippen LogP contribution in [0.2, 0.25) is 0 Å². The second-order valence-electron chi connectivity index (χ2n) is 4.98. The highest BCUT2D eigenvalue weighted by Crippen LogP contribution is 2.31. The molecule has 4 aromatic carbocycles. The van der Waals surface area contributed by atoms with E-state index in [0.717, 1.165) is 21.5 Å². The van der Waals surface area contributed by atoms with Gasteiger partial charge in [-0.3, -0.25) is 0 Å². The van der Waals surface area contributed by atoms with Gasteiger partial charge in [0.15, 0.2) is 0 Å². The third-order valence-electron chi connectivity index (χ3n) is 3.96. The molecule has 0 aliphatic carbocycles. The van der Waals surface area contributed by atoms with E-state index < -0.39 is 11.2 Å². The Labute approximate surface area is 116 Å². The Hall–Kier alpha value is -2.33. The van der Waals surface area contributed by atoms with Crippen LogP contribution in [0.25, 0.3) is 32.3 Å². The predicted molar refractivity (Wildman–Crippen MR) is 80.6 cm³/mol. The van der Waals surface area contributed by atoms with Crippen molar-refractivity contribution in [3.8, 4) is 0 Å². The van der Waals surface area contributed by atoms with E-state index in [4.69, 9.17) is 0 Å². The topological polar surface area (TPSA) is 41.8 Å². The lowest BCUT2D eigenvalue weighted by atomic mass is 9.93. The van der Waals surface area contributed by atoms with Crippen molar-refractivity contribution in [2.75, 3.05) is 0 Å². The van der Waals surface area contributed by atoms with E-state index in [1.54, 1.807) is 0 Å². The molecule has 0 aromatic heterocycles. The molecule has 1 aliphatic heterocycles. The van der Waals surface area contributed by atoms with Crippen LogP contribution in [0.1, 0.15) is 0 Å². The molecule has 0 saturated carbocycles. The van der Waals surface area contributed by atoms with Crippen LogP contribution in [0.15, 0.2) is 57.3 Å². The van der Waals surface area contributed by atoms with Crippen molar-refractivity contribution in [1.29, 1.82) is 0 Å². The first-order valence-corrected chi connectivity index (χ1v) is 7.44. The second kappa shape index (κ2) is 3.41. The van der Waals surface area contributed by atoms with Crippen LogP contribution in [0.3, 0.4) is 0 Å². The van der Waals surface area contributed by atoms with E-state index in [-0.39, 0.29) is 0 Å². The van der Waals surface area contributed by atoms with Crippen LogP contribution in [0.5, 0.6) is 0 Å². The molecule has 0 fully saturated rings. The summed E-state index contributed by atoms with van der Waals surface area (Å²) in [6.07, 6.45) is 0. The predicted octanol–water partition coefficient (Wildman–Crippen LogP) is 2.42. The van der Waals surface area contributed by atoms with Crippen molar-refractivity contribution in [3.05, 3.63) is 59.2 Å². The fourth-order valence-corrected chi connectivity index (χ4v) is 3.89. The molecule has 4 heteroatoms. The Balaban J connectivity index is 2.35. The molecule has 0 atom stereocenters. The van der Waals surface area contributed by atoms with Gasteiger partial charge in [-0.25, -0.2) is 4.21 Å². The summed E-state index contributed by atoms with van der Waals surface area (Å²) in [7, 11) is 0. The highest BCUT2D eigenvalue weighted by molar-refractivity contribution is 7.82. The minimum absolute atomic E-state index is 0.764. The molecule has 5 rings (SSSR count). The summed E-state index contributed by atoms with van der Waals surface area (Å²) < 4.78 is 20.1. The van der Waals surface area contributed by atoms with E-state index in [0.29, 0.717) is 0 Å². The van der Waals surface area contributed by atoms with Crippen molar-refractivity contribution < 1.29 is 4.21 Å². The molecule has 20 heavy (non-hydrogen) atoms. The second-order valence-corrected chi connectivity index (χ2v) is 5.81. The first-order chi connectivity index (χ1) is 9.83. The van der Waals surface area contributed by atoms with Crippen LogP contribution in [-0.2, 0) is 11.2 Å². The lowest BCUT2D eigenvalue weighted by Gasteiger charge is -2.09. The summed E-state index contributed by atoms with van der Waals surface area (Å²) in [5.74, 6) is 0. The van der Waals surface area contributed by atoms with Gasteiger partial charge >= 0.3 is 0 Å². The van der Waals surface area contributed by atoms with Crippen LogP contribution in [0.4, 0.5) is 0 Å². The van der Waals surface area contributed by atoms with Crippen molar-refractivity contribution in [3.63, 3.8) is 0 Å². The van der Waals surface area contributed by atoms with Gasteiger partial charge in [0.2, 0.25) is 0 Å². The number of hydrogen-bond donors (Lipinski definition) is 0. The third-order valence-corrected chi connectivity index (χ3v) is 4.64. The Bertz CT molecular complexity index is 1070. The third kappa shape index (κ3) is 1.13. The Kier molecular flexibility index (Phi) is 1.78. The highest BCUT2D eigenvalue weighted by Gasteiger charge is 2.15. The molecule has 0 N–H and O–H groups in total. The van der Waals surface area contributed by atoms with E-state index in [1.165, 1.54) is 21.5 Å². The number of benzene rings is 4. The fraction of sp³-hybridized carbons (Fsp3) is 0. The number of fused-ring (bicyclic) bond motifs is 3. The van der Waals surface area contributed by atoms with Gasteiger partial charge < -0.3 is 0 Å². The van der Waals surface area contributed by atoms with Crippen molar-refractivity contribution >= 4 is 43.5 Å². The zero-order chi connectivity index (χ0) is 13.3. The molecular weight excluding hydrogens is 268 g/mol. The fourth-order valence-electron chi connectivity index (χ4n) is 3.17. The van der Waals surface area contributed by atoms with Crippen LogP contribution >= 0.6 is 0 Å².